The van der Waals surface area contributed by atoms with Gasteiger partial charge < -0.3 is 0 Å². The first-order valence-corrected chi connectivity index (χ1v) is 12.9. The monoisotopic (exact) mass is 368 g/mol. The molecule has 132 valence electrons. The molecule has 2 fully saturated rings. The standard InChI is InChI=1S/C23H30P2/c1-18-16-17-19(2)24(18)22-14-9-15-23(22)25(20-10-5-3-6-11-20)21-12-7-4-8-13-21/h3-8,10-13,18-19,22-23H,9,14-17H2,1-2H3/t18-,19-,22?,23?/m1/s1. The van der Waals surface area contributed by atoms with E-state index in [1.165, 1.54) is 32.1 Å². The third-order valence-corrected chi connectivity index (χ3v) is 13.4. The predicted molar refractivity (Wildman–Crippen MR) is 116 cm³/mol. The normalized spacial score (nSPS) is 30.2. The van der Waals surface area contributed by atoms with Crippen LogP contribution in [0.3, 0.4) is 0 Å². The fourth-order valence-corrected chi connectivity index (χ4v) is 13.1. The van der Waals surface area contributed by atoms with Crippen molar-refractivity contribution in [3.63, 3.8) is 0 Å². The zero-order valence-electron chi connectivity index (χ0n) is 15.5. The Labute approximate surface area is 155 Å². The maximum Gasteiger partial charge on any atom is -0.00609 e. The first-order valence-electron chi connectivity index (χ1n) is 9.92. The molecular weight excluding hydrogens is 338 g/mol. The number of hydrogen-bond donors (Lipinski definition) is 0. The third-order valence-electron chi connectivity index (χ3n) is 6.25. The van der Waals surface area contributed by atoms with Crippen molar-refractivity contribution in [2.24, 2.45) is 0 Å². The van der Waals surface area contributed by atoms with Crippen LogP contribution in [-0.2, 0) is 0 Å². The minimum absolute atomic E-state index is 0.195. The molecule has 1 saturated carbocycles. The van der Waals surface area contributed by atoms with Crippen molar-refractivity contribution in [3.8, 4) is 0 Å². The van der Waals surface area contributed by atoms with Gasteiger partial charge in [0.2, 0.25) is 0 Å². The quantitative estimate of drug-likeness (QED) is 0.573. The van der Waals surface area contributed by atoms with Crippen LogP contribution >= 0.6 is 15.8 Å². The summed E-state index contributed by atoms with van der Waals surface area (Å²) in [6.07, 6.45) is 7.34. The van der Waals surface area contributed by atoms with Crippen LogP contribution in [-0.4, -0.2) is 22.6 Å². The molecule has 4 rings (SSSR count). The number of benzene rings is 2. The van der Waals surface area contributed by atoms with Crippen LogP contribution in [0.15, 0.2) is 60.7 Å². The van der Waals surface area contributed by atoms with Crippen molar-refractivity contribution in [1.82, 2.24) is 0 Å². The predicted octanol–water partition coefficient (Wildman–Crippen LogP) is 6.09. The summed E-state index contributed by atoms with van der Waals surface area (Å²) in [5.41, 5.74) is 3.86. The van der Waals surface area contributed by atoms with E-state index in [1.54, 1.807) is 10.6 Å². The van der Waals surface area contributed by atoms with Gasteiger partial charge in [-0.2, -0.15) is 0 Å². The Kier molecular flexibility index (Phi) is 5.59. The molecule has 0 N–H and O–H groups in total. The van der Waals surface area contributed by atoms with Crippen LogP contribution in [0.25, 0.3) is 0 Å². The van der Waals surface area contributed by atoms with E-state index in [1.807, 2.05) is 0 Å². The van der Waals surface area contributed by atoms with Gasteiger partial charge in [-0.1, -0.05) is 88.9 Å². The van der Waals surface area contributed by atoms with Gasteiger partial charge >= 0.3 is 0 Å². The second-order valence-corrected chi connectivity index (χ2v) is 13.6. The third kappa shape index (κ3) is 3.59. The number of rotatable bonds is 4. The second-order valence-electron chi connectivity index (χ2n) is 7.83. The summed E-state index contributed by atoms with van der Waals surface area (Å²) in [5, 5.41) is 3.19. The molecule has 4 atom stereocenters. The molecular formula is C23H30P2. The Bertz CT molecular complexity index is 620. The molecule has 1 aliphatic carbocycles. The molecule has 1 aliphatic heterocycles. The molecule has 0 bridgehead atoms. The Hall–Kier alpha value is -0.700. The Morgan fingerprint density at radius 3 is 1.76 bits per heavy atom. The summed E-state index contributed by atoms with van der Waals surface area (Å²) in [5.74, 6) is 0. The second kappa shape index (κ2) is 7.90. The van der Waals surface area contributed by atoms with E-state index >= 15 is 0 Å². The zero-order valence-corrected chi connectivity index (χ0v) is 17.3. The molecule has 0 radical (unpaired) electrons. The van der Waals surface area contributed by atoms with Crippen molar-refractivity contribution in [2.75, 3.05) is 0 Å². The van der Waals surface area contributed by atoms with Gasteiger partial charge in [0, 0.05) is 0 Å². The van der Waals surface area contributed by atoms with Gasteiger partial charge in [0.25, 0.3) is 0 Å². The molecule has 0 aromatic heterocycles. The highest BCUT2D eigenvalue weighted by atomic mass is 31.1. The Morgan fingerprint density at radius 2 is 1.24 bits per heavy atom. The van der Waals surface area contributed by atoms with Crippen molar-refractivity contribution < 1.29 is 0 Å². The summed E-state index contributed by atoms with van der Waals surface area (Å²) in [6.45, 7) is 5.11. The van der Waals surface area contributed by atoms with E-state index in [0.717, 1.165) is 22.6 Å². The number of hydrogen-bond acceptors (Lipinski definition) is 0. The summed E-state index contributed by atoms with van der Waals surface area (Å²) in [4.78, 5) is 0. The molecule has 0 amide bonds. The lowest BCUT2D eigenvalue weighted by atomic mass is 10.2. The van der Waals surface area contributed by atoms with Crippen LogP contribution in [0.1, 0.15) is 46.0 Å². The lowest BCUT2D eigenvalue weighted by Crippen LogP contribution is -2.29. The first kappa shape index (κ1) is 17.7. The molecule has 2 aliphatic rings. The average Bonchev–Trinajstić information content (AvgIpc) is 3.23. The van der Waals surface area contributed by atoms with Gasteiger partial charge in [0.1, 0.15) is 0 Å². The summed E-state index contributed by atoms with van der Waals surface area (Å²) in [7, 11) is -0.0343. The zero-order chi connectivity index (χ0) is 17.2. The molecule has 2 heteroatoms. The fraction of sp³-hybridized carbons (Fsp3) is 0.478. The highest BCUT2D eigenvalue weighted by molar-refractivity contribution is 7.74. The van der Waals surface area contributed by atoms with Gasteiger partial charge in [0.15, 0.2) is 0 Å². The van der Waals surface area contributed by atoms with Gasteiger partial charge in [-0.3, -0.25) is 0 Å². The highest BCUT2D eigenvalue weighted by Gasteiger charge is 2.44. The maximum atomic E-state index is 2.55. The summed E-state index contributed by atoms with van der Waals surface area (Å²) in [6, 6.07) is 22.9. The van der Waals surface area contributed by atoms with Gasteiger partial charge in [-0.05, 0) is 66.8 Å². The topological polar surface area (TPSA) is 0 Å². The minimum atomic E-state index is -0.229. The molecule has 1 heterocycles. The molecule has 0 spiro atoms. The molecule has 2 aromatic carbocycles. The summed E-state index contributed by atoms with van der Waals surface area (Å²) >= 11 is 0. The van der Waals surface area contributed by atoms with Crippen molar-refractivity contribution in [3.05, 3.63) is 60.7 Å². The smallest absolute Gasteiger partial charge is 0.00609 e. The lowest BCUT2D eigenvalue weighted by Gasteiger charge is -2.37. The molecule has 2 aromatic rings. The van der Waals surface area contributed by atoms with Crippen molar-refractivity contribution >= 4 is 26.5 Å². The SMILES string of the molecule is C[C@@H]1CC[C@@H](C)P1C1CCCC1P(c1ccccc1)c1ccccc1. The fourth-order valence-electron chi connectivity index (χ4n) is 5.15. The van der Waals surface area contributed by atoms with E-state index in [0.29, 0.717) is 0 Å². The largest absolute Gasteiger partial charge is 0.0970 e. The van der Waals surface area contributed by atoms with E-state index in [2.05, 4.69) is 74.5 Å². The van der Waals surface area contributed by atoms with Crippen LogP contribution in [0.2, 0.25) is 0 Å². The maximum absolute atomic E-state index is 2.55. The van der Waals surface area contributed by atoms with E-state index in [-0.39, 0.29) is 15.8 Å². The van der Waals surface area contributed by atoms with E-state index in [9.17, 15) is 0 Å². The van der Waals surface area contributed by atoms with Crippen LogP contribution in [0.5, 0.6) is 0 Å². The van der Waals surface area contributed by atoms with Crippen LogP contribution in [0.4, 0.5) is 0 Å². The molecule has 0 nitrogen and oxygen atoms in total. The minimum Gasteiger partial charge on any atom is -0.0970 e. The summed E-state index contributed by atoms with van der Waals surface area (Å²) < 4.78 is 0. The van der Waals surface area contributed by atoms with Crippen molar-refractivity contribution in [2.45, 2.75) is 68.6 Å². The highest BCUT2D eigenvalue weighted by Crippen LogP contribution is 2.66. The van der Waals surface area contributed by atoms with E-state index in [4.69, 9.17) is 0 Å². The van der Waals surface area contributed by atoms with Gasteiger partial charge in [-0.15, -0.1) is 0 Å². The lowest BCUT2D eigenvalue weighted by molar-refractivity contribution is 0.777. The van der Waals surface area contributed by atoms with Crippen LogP contribution < -0.4 is 10.6 Å². The van der Waals surface area contributed by atoms with Crippen LogP contribution in [0, 0.1) is 0 Å². The average molecular weight is 368 g/mol. The molecule has 1 saturated heterocycles. The first-order chi connectivity index (χ1) is 12.3. The van der Waals surface area contributed by atoms with E-state index < -0.39 is 0 Å². The molecule has 2 unspecified atom stereocenters. The Balaban J connectivity index is 1.71. The Morgan fingerprint density at radius 1 is 0.720 bits per heavy atom. The van der Waals surface area contributed by atoms with Gasteiger partial charge in [0.05, 0.1) is 0 Å². The van der Waals surface area contributed by atoms with Crippen molar-refractivity contribution in [1.29, 1.82) is 0 Å². The van der Waals surface area contributed by atoms with Gasteiger partial charge in [-0.25, -0.2) is 0 Å². The molecule has 25 heavy (non-hydrogen) atoms.